The number of hydrogen-bond acceptors (Lipinski definition) is 4. The van der Waals surface area contributed by atoms with Crippen molar-refractivity contribution in [1.29, 1.82) is 0 Å². The van der Waals surface area contributed by atoms with Gasteiger partial charge in [0.15, 0.2) is 11.6 Å². The van der Waals surface area contributed by atoms with E-state index in [0.717, 1.165) is 60.1 Å². The third-order valence-electron chi connectivity index (χ3n) is 8.54. The van der Waals surface area contributed by atoms with Gasteiger partial charge in [0.2, 0.25) is 0 Å². The summed E-state index contributed by atoms with van der Waals surface area (Å²) in [7, 11) is 0. The number of ether oxygens (including phenoxy) is 1. The molecule has 0 radical (unpaired) electrons. The molecule has 1 atom stereocenters. The second kappa shape index (κ2) is 13.6. The zero-order chi connectivity index (χ0) is 31.3. The number of hydrogen-bond donors (Lipinski definition) is 2. The van der Waals surface area contributed by atoms with Crippen LogP contribution in [0.25, 0.3) is 16.6 Å². The number of nitrogens with two attached hydrogens (primary N) is 1. The number of nitrogens with zero attached hydrogens (tertiary/aromatic N) is 1. The van der Waals surface area contributed by atoms with Crippen molar-refractivity contribution >= 4 is 34.6 Å². The molecule has 2 bridgehead atoms. The number of aromatic nitrogens is 1. The van der Waals surface area contributed by atoms with Crippen molar-refractivity contribution in [3.05, 3.63) is 101 Å². The summed E-state index contributed by atoms with van der Waals surface area (Å²) in [6, 6.07) is 16.4. The molecule has 4 aromatic rings. The van der Waals surface area contributed by atoms with E-state index in [-0.39, 0.29) is 22.4 Å². The van der Waals surface area contributed by atoms with E-state index in [4.69, 9.17) is 15.5 Å². The van der Waals surface area contributed by atoms with Gasteiger partial charge in [0, 0.05) is 46.2 Å². The quantitative estimate of drug-likeness (QED) is 0.241. The molecule has 4 nitrogen and oxygen atoms in total. The van der Waals surface area contributed by atoms with Gasteiger partial charge < -0.3 is 15.5 Å². The third-order valence-corrected chi connectivity index (χ3v) is 10.0. The van der Waals surface area contributed by atoms with E-state index in [1.807, 2.05) is 24.0 Å². The van der Waals surface area contributed by atoms with Crippen LogP contribution in [0.2, 0.25) is 0 Å². The Bertz CT molecular complexity index is 1670. The fraction of sp³-hybridized carbons (Fsp3) is 0.378. The van der Waals surface area contributed by atoms with E-state index in [2.05, 4.69) is 56.9 Å². The number of aromatic amines is 1. The minimum absolute atomic E-state index is 0.119. The molecule has 1 aromatic heterocycles. The highest BCUT2D eigenvalue weighted by Gasteiger charge is 2.27. The molecule has 0 aliphatic carbocycles. The third kappa shape index (κ3) is 7.37. The maximum Gasteiger partial charge on any atom is 0.168 e. The molecule has 0 spiro atoms. The van der Waals surface area contributed by atoms with Crippen LogP contribution in [-0.2, 0) is 18.4 Å². The van der Waals surface area contributed by atoms with Gasteiger partial charge in [-0.3, -0.25) is 4.99 Å². The Morgan fingerprint density at radius 2 is 1.86 bits per heavy atom. The Kier molecular flexibility index (Phi) is 9.84. The number of fused-ring (bicyclic) bond motifs is 5. The van der Waals surface area contributed by atoms with E-state index >= 15 is 8.78 Å². The van der Waals surface area contributed by atoms with Gasteiger partial charge in [-0.05, 0) is 91.0 Å². The lowest BCUT2D eigenvalue weighted by atomic mass is 9.82. The van der Waals surface area contributed by atoms with Gasteiger partial charge >= 0.3 is 0 Å². The predicted molar refractivity (Wildman–Crippen MR) is 182 cm³/mol. The Hall–Kier alpha value is -3.58. The number of H-pyrrole nitrogens is 1. The van der Waals surface area contributed by atoms with Crippen LogP contribution in [0.1, 0.15) is 75.6 Å². The van der Waals surface area contributed by atoms with Crippen LogP contribution < -0.4 is 10.5 Å². The van der Waals surface area contributed by atoms with Crippen LogP contribution in [-0.4, -0.2) is 22.7 Å². The van der Waals surface area contributed by atoms with Crippen molar-refractivity contribution in [1.82, 2.24) is 4.98 Å². The van der Waals surface area contributed by atoms with E-state index < -0.39 is 17.2 Å². The first-order valence-electron chi connectivity index (χ1n) is 15.5. The minimum Gasteiger partial charge on any atom is -0.454 e. The largest absolute Gasteiger partial charge is 0.454 e. The standard InChI is InChI=1S/C37H43F2N3OS/c1-5-8-25-9-6-10-26(21-25)37(4)17-7-16-36(2,3)24-44-20-15-29-28-13-18-41-34(28)23-32(39)35(29)43-27-11-12-31(38)30(22-27)33(40)14-19-42-37/h6,9-14,18-19,21-23,41H,5,7-8,15-17,20,24,40H2,1-4H3. The summed E-state index contributed by atoms with van der Waals surface area (Å²) in [4.78, 5) is 8.17. The Morgan fingerprint density at radius 1 is 1.02 bits per heavy atom. The zero-order valence-corrected chi connectivity index (χ0v) is 27.0. The molecule has 232 valence electrons. The van der Waals surface area contributed by atoms with E-state index in [9.17, 15) is 0 Å². The molecular weight excluding hydrogens is 572 g/mol. The molecule has 44 heavy (non-hydrogen) atoms. The average molecular weight is 616 g/mol. The summed E-state index contributed by atoms with van der Waals surface area (Å²) >= 11 is 1.88. The lowest BCUT2D eigenvalue weighted by molar-refractivity contribution is 0.335. The monoisotopic (exact) mass is 615 g/mol. The number of halogens is 2. The first-order chi connectivity index (χ1) is 21.1. The number of aliphatic imine (C=N–C) groups is 1. The molecule has 1 unspecified atom stereocenters. The minimum atomic E-state index is -0.485. The van der Waals surface area contributed by atoms with Gasteiger partial charge in [-0.15, -0.1) is 0 Å². The summed E-state index contributed by atoms with van der Waals surface area (Å²) < 4.78 is 36.7. The molecule has 1 aliphatic rings. The van der Waals surface area contributed by atoms with Gasteiger partial charge in [0.1, 0.15) is 11.6 Å². The summed E-state index contributed by atoms with van der Waals surface area (Å²) in [6.07, 6.45) is 10.8. The maximum atomic E-state index is 15.5. The Balaban J connectivity index is 1.55. The van der Waals surface area contributed by atoms with Crippen LogP contribution in [0, 0.1) is 17.0 Å². The van der Waals surface area contributed by atoms with Gasteiger partial charge in [0.05, 0.1) is 5.54 Å². The first kappa shape index (κ1) is 31.8. The predicted octanol–water partition coefficient (Wildman–Crippen LogP) is 9.96. The lowest BCUT2D eigenvalue weighted by Crippen LogP contribution is -2.22. The van der Waals surface area contributed by atoms with Crippen molar-refractivity contribution in [3.8, 4) is 11.5 Å². The summed E-state index contributed by atoms with van der Waals surface area (Å²) in [5.41, 5.74) is 10.5. The van der Waals surface area contributed by atoms with Gasteiger partial charge in [-0.2, -0.15) is 11.8 Å². The molecule has 0 fully saturated rings. The molecule has 0 saturated heterocycles. The molecule has 0 saturated carbocycles. The Morgan fingerprint density at radius 3 is 2.68 bits per heavy atom. The summed E-state index contributed by atoms with van der Waals surface area (Å²) in [6.45, 7) is 8.99. The average Bonchev–Trinajstić information content (AvgIpc) is 3.45. The fourth-order valence-electron chi connectivity index (χ4n) is 6.00. The zero-order valence-electron chi connectivity index (χ0n) is 26.2. The number of nitrogens with one attached hydrogen (secondary N) is 1. The van der Waals surface area contributed by atoms with Crippen molar-refractivity contribution in [3.63, 3.8) is 0 Å². The fourth-order valence-corrected chi connectivity index (χ4v) is 7.19. The van der Waals surface area contributed by atoms with Crippen molar-refractivity contribution < 1.29 is 13.5 Å². The maximum absolute atomic E-state index is 15.5. The van der Waals surface area contributed by atoms with Crippen molar-refractivity contribution in [2.24, 2.45) is 16.1 Å². The highest BCUT2D eigenvalue weighted by atomic mass is 32.2. The number of benzene rings is 3. The topological polar surface area (TPSA) is 63.4 Å². The smallest absolute Gasteiger partial charge is 0.168 e. The number of allylic oxidation sites excluding steroid dienone is 1. The molecule has 2 heterocycles. The molecule has 3 N–H and O–H groups in total. The van der Waals surface area contributed by atoms with Crippen molar-refractivity contribution in [2.75, 3.05) is 11.5 Å². The second-order valence-electron chi connectivity index (χ2n) is 12.8. The van der Waals surface area contributed by atoms with Crippen LogP contribution in [0.3, 0.4) is 0 Å². The lowest BCUT2D eigenvalue weighted by Gasteiger charge is -2.30. The molecule has 1 aliphatic heterocycles. The molecule has 3 aromatic carbocycles. The van der Waals surface area contributed by atoms with Crippen LogP contribution in [0.5, 0.6) is 11.5 Å². The summed E-state index contributed by atoms with van der Waals surface area (Å²) in [5.74, 6) is 1.34. The van der Waals surface area contributed by atoms with E-state index in [1.165, 1.54) is 35.4 Å². The van der Waals surface area contributed by atoms with E-state index in [0.29, 0.717) is 12.2 Å². The Labute approximate surface area is 264 Å². The number of rotatable bonds is 3. The first-order valence-corrected chi connectivity index (χ1v) is 16.7. The molecule has 7 heteroatoms. The summed E-state index contributed by atoms with van der Waals surface area (Å²) in [5, 5.41) is 0.924. The van der Waals surface area contributed by atoms with Crippen LogP contribution >= 0.6 is 11.8 Å². The van der Waals surface area contributed by atoms with E-state index in [1.54, 1.807) is 12.3 Å². The number of aryl methyl sites for hydroxylation is 2. The molecular formula is C37H43F2N3OS. The van der Waals surface area contributed by atoms with Gasteiger partial charge in [-0.25, -0.2) is 8.78 Å². The normalized spacial score (nSPS) is 19.7. The molecule has 0 amide bonds. The molecule has 5 rings (SSSR count). The van der Waals surface area contributed by atoms with Gasteiger partial charge in [-0.1, -0.05) is 57.9 Å². The highest BCUT2D eigenvalue weighted by Crippen LogP contribution is 2.38. The van der Waals surface area contributed by atoms with Crippen molar-refractivity contribution in [2.45, 2.75) is 71.8 Å². The SMILES string of the molecule is CCCc1cccc(C2(C)CCCC(C)(C)CSCCc3c(c(F)cc4[nH]ccc34)Oc3ccc(F)c(c3)C(N)=CC=N2)c1. The van der Waals surface area contributed by atoms with Gasteiger partial charge in [0.25, 0.3) is 0 Å². The second-order valence-corrected chi connectivity index (χ2v) is 13.9. The van der Waals surface area contributed by atoms with Crippen LogP contribution in [0.4, 0.5) is 8.78 Å². The van der Waals surface area contributed by atoms with Crippen LogP contribution in [0.15, 0.2) is 71.9 Å². The number of thioether (sulfide) groups is 1. The highest BCUT2D eigenvalue weighted by molar-refractivity contribution is 7.99.